The lowest BCUT2D eigenvalue weighted by atomic mass is 10.0. The molecule has 0 atom stereocenters. The lowest BCUT2D eigenvalue weighted by molar-refractivity contribution is 0.881. The van der Waals surface area contributed by atoms with E-state index in [1.165, 1.54) is 28.0 Å². The second-order valence-corrected chi connectivity index (χ2v) is 8.27. The first kappa shape index (κ1) is 20.7. The monoisotopic (exact) mass is 453 g/mol. The van der Waals surface area contributed by atoms with Gasteiger partial charge in [-0.3, -0.25) is 4.99 Å². The van der Waals surface area contributed by atoms with Crippen LogP contribution < -0.4 is 5.73 Å². The number of rotatable bonds is 5. The summed E-state index contributed by atoms with van der Waals surface area (Å²) >= 11 is 0. The third kappa shape index (κ3) is 3.79. The average molecular weight is 454 g/mol. The molecule has 0 saturated heterocycles. The number of hydrogen-bond donors (Lipinski definition) is 1. The number of allylic oxidation sites excluding steroid dienone is 1. The van der Waals surface area contributed by atoms with E-state index in [4.69, 9.17) is 5.73 Å². The molecule has 0 aliphatic rings. The number of aliphatic imine (C=N–C) groups is 1. The Labute approximate surface area is 203 Å². The van der Waals surface area contributed by atoms with Crippen LogP contribution in [-0.4, -0.2) is 20.6 Å². The summed E-state index contributed by atoms with van der Waals surface area (Å²) in [6.45, 7) is 0. The summed E-state index contributed by atoms with van der Waals surface area (Å²) in [6.07, 6.45) is 8.58. The Kier molecular flexibility index (Phi) is 5.20. The standard InChI is InChI=1S/C30H23N5/c31-14-6-15-32-24-18-23(20-26(21-24)34-17-7-16-33-34)22-8-5-9-25(19-22)35-29-12-3-1-10-27(29)28-11-2-4-13-30(28)35/h1-21H,31H2. The summed E-state index contributed by atoms with van der Waals surface area (Å²) < 4.78 is 4.18. The zero-order valence-electron chi connectivity index (χ0n) is 19.0. The van der Waals surface area contributed by atoms with Crippen molar-refractivity contribution in [3.05, 3.63) is 122 Å². The van der Waals surface area contributed by atoms with Crippen LogP contribution in [0.3, 0.4) is 0 Å². The quantitative estimate of drug-likeness (QED) is 0.291. The van der Waals surface area contributed by atoms with Gasteiger partial charge in [-0.05, 0) is 71.9 Å². The summed E-state index contributed by atoms with van der Waals surface area (Å²) in [4.78, 5) is 4.57. The highest BCUT2D eigenvalue weighted by Crippen LogP contribution is 2.34. The van der Waals surface area contributed by atoms with Crippen molar-refractivity contribution in [2.45, 2.75) is 0 Å². The predicted molar refractivity (Wildman–Crippen MR) is 145 cm³/mol. The van der Waals surface area contributed by atoms with Crippen molar-refractivity contribution in [3.8, 4) is 22.5 Å². The number of nitrogens with two attached hydrogens (primary N) is 1. The fourth-order valence-electron chi connectivity index (χ4n) is 4.59. The molecule has 0 amide bonds. The fraction of sp³-hybridized carbons (Fsp3) is 0. The fourth-order valence-corrected chi connectivity index (χ4v) is 4.59. The molecule has 2 aromatic heterocycles. The summed E-state index contributed by atoms with van der Waals surface area (Å²) in [5, 5.41) is 6.91. The molecule has 6 rings (SSSR count). The Morgan fingerprint density at radius 1 is 0.714 bits per heavy atom. The van der Waals surface area contributed by atoms with E-state index in [-0.39, 0.29) is 0 Å². The number of nitrogens with zero attached hydrogens (tertiary/aromatic N) is 4. The topological polar surface area (TPSA) is 61.1 Å². The molecule has 6 aromatic rings. The minimum Gasteiger partial charge on any atom is -0.405 e. The smallest absolute Gasteiger partial charge is 0.0673 e. The molecule has 0 fully saturated rings. The molecule has 0 aliphatic carbocycles. The van der Waals surface area contributed by atoms with E-state index in [0.29, 0.717) is 0 Å². The lowest BCUT2D eigenvalue weighted by Gasteiger charge is -2.12. The van der Waals surface area contributed by atoms with Gasteiger partial charge in [0.1, 0.15) is 0 Å². The Bertz CT molecular complexity index is 1650. The first-order valence-electron chi connectivity index (χ1n) is 11.5. The average Bonchev–Trinajstić information content (AvgIpc) is 3.56. The Hall–Kier alpha value is -4.90. The van der Waals surface area contributed by atoms with E-state index in [1.807, 2.05) is 23.0 Å². The molecule has 168 valence electrons. The zero-order valence-corrected chi connectivity index (χ0v) is 19.0. The third-order valence-corrected chi connectivity index (χ3v) is 6.11. The molecule has 5 nitrogen and oxygen atoms in total. The molecule has 0 saturated carbocycles. The number of benzene rings is 4. The van der Waals surface area contributed by atoms with E-state index in [1.54, 1.807) is 18.5 Å². The molecule has 35 heavy (non-hydrogen) atoms. The summed E-state index contributed by atoms with van der Waals surface area (Å²) in [5.74, 6) is 0. The van der Waals surface area contributed by atoms with Gasteiger partial charge in [0, 0.05) is 35.1 Å². The summed E-state index contributed by atoms with van der Waals surface area (Å²) in [7, 11) is 0. The van der Waals surface area contributed by atoms with Gasteiger partial charge in [-0.2, -0.15) is 5.10 Å². The van der Waals surface area contributed by atoms with Gasteiger partial charge in [0.05, 0.1) is 22.4 Å². The van der Waals surface area contributed by atoms with Gasteiger partial charge in [-0.1, -0.05) is 48.5 Å². The van der Waals surface area contributed by atoms with Crippen molar-refractivity contribution in [1.82, 2.24) is 14.3 Å². The van der Waals surface area contributed by atoms with E-state index >= 15 is 0 Å². The van der Waals surface area contributed by atoms with E-state index < -0.39 is 0 Å². The predicted octanol–water partition coefficient (Wildman–Crippen LogP) is 6.81. The van der Waals surface area contributed by atoms with Gasteiger partial charge in [0.25, 0.3) is 0 Å². The Balaban J connectivity index is 1.53. The first-order chi connectivity index (χ1) is 17.3. The number of fused-ring (bicyclic) bond motifs is 3. The second kappa shape index (κ2) is 8.80. The van der Waals surface area contributed by atoms with Gasteiger partial charge >= 0.3 is 0 Å². The molecular weight excluding hydrogens is 430 g/mol. The molecule has 4 aromatic carbocycles. The van der Waals surface area contributed by atoms with E-state index in [9.17, 15) is 0 Å². The van der Waals surface area contributed by atoms with Crippen LogP contribution in [0.25, 0.3) is 44.3 Å². The highest BCUT2D eigenvalue weighted by Gasteiger charge is 2.12. The maximum absolute atomic E-state index is 5.47. The van der Waals surface area contributed by atoms with Crippen molar-refractivity contribution in [1.29, 1.82) is 0 Å². The lowest BCUT2D eigenvalue weighted by Crippen LogP contribution is -1.96. The van der Waals surface area contributed by atoms with Crippen LogP contribution in [0.4, 0.5) is 5.69 Å². The molecule has 0 spiro atoms. The van der Waals surface area contributed by atoms with Gasteiger partial charge in [0.15, 0.2) is 0 Å². The molecule has 2 N–H and O–H groups in total. The van der Waals surface area contributed by atoms with Crippen LogP contribution in [0.1, 0.15) is 0 Å². The minimum absolute atomic E-state index is 0.827. The van der Waals surface area contributed by atoms with Crippen molar-refractivity contribution in [2.24, 2.45) is 10.7 Å². The van der Waals surface area contributed by atoms with Crippen LogP contribution in [0, 0.1) is 0 Å². The SMILES string of the molecule is NC=CC=Nc1cc(-c2cccc(-n3c4ccccc4c4ccccc43)c2)cc(-n2cccn2)c1. The summed E-state index contributed by atoms with van der Waals surface area (Å²) in [5.41, 5.74) is 12.9. The van der Waals surface area contributed by atoms with Crippen LogP contribution in [-0.2, 0) is 0 Å². The number of para-hydroxylation sites is 2. The van der Waals surface area contributed by atoms with Gasteiger partial charge in [0.2, 0.25) is 0 Å². The van der Waals surface area contributed by atoms with E-state index in [2.05, 4.69) is 99.6 Å². The number of aromatic nitrogens is 3. The normalized spacial score (nSPS) is 11.9. The maximum Gasteiger partial charge on any atom is 0.0673 e. The van der Waals surface area contributed by atoms with Gasteiger partial charge < -0.3 is 10.3 Å². The van der Waals surface area contributed by atoms with Crippen molar-refractivity contribution in [3.63, 3.8) is 0 Å². The van der Waals surface area contributed by atoms with Crippen LogP contribution >= 0.6 is 0 Å². The molecule has 2 heterocycles. The zero-order chi connectivity index (χ0) is 23.6. The molecule has 0 aliphatic heterocycles. The first-order valence-corrected chi connectivity index (χ1v) is 11.5. The highest BCUT2D eigenvalue weighted by atomic mass is 15.3. The Morgan fingerprint density at radius 3 is 2.17 bits per heavy atom. The van der Waals surface area contributed by atoms with Crippen LogP contribution in [0.15, 0.2) is 127 Å². The van der Waals surface area contributed by atoms with Gasteiger partial charge in [-0.15, -0.1) is 0 Å². The maximum atomic E-state index is 5.47. The van der Waals surface area contributed by atoms with Crippen molar-refractivity contribution >= 4 is 33.7 Å². The third-order valence-electron chi connectivity index (χ3n) is 6.11. The summed E-state index contributed by atoms with van der Waals surface area (Å²) in [6, 6.07) is 33.9. The molecule has 0 bridgehead atoms. The Morgan fingerprint density at radius 2 is 1.46 bits per heavy atom. The van der Waals surface area contributed by atoms with Gasteiger partial charge in [-0.25, -0.2) is 4.68 Å². The molecular formula is C30H23N5. The molecule has 0 unspecified atom stereocenters. The minimum atomic E-state index is 0.827. The van der Waals surface area contributed by atoms with Crippen LogP contribution in [0.2, 0.25) is 0 Å². The molecule has 0 radical (unpaired) electrons. The van der Waals surface area contributed by atoms with Crippen molar-refractivity contribution < 1.29 is 0 Å². The van der Waals surface area contributed by atoms with Crippen molar-refractivity contribution in [2.75, 3.05) is 0 Å². The molecule has 5 heteroatoms. The highest BCUT2D eigenvalue weighted by molar-refractivity contribution is 6.09. The largest absolute Gasteiger partial charge is 0.405 e. The second-order valence-electron chi connectivity index (χ2n) is 8.27. The van der Waals surface area contributed by atoms with Crippen LogP contribution in [0.5, 0.6) is 0 Å². The number of hydrogen-bond acceptors (Lipinski definition) is 3. The van der Waals surface area contributed by atoms with E-state index in [0.717, 1.165) is 28.2 Å².